The van der Waals surface area contributed by atoms with E-state index >= 15 is 0 Å². The van der Waals surface area contributed by atoms with E-state index in [9.17, 15) is 19.0 Å². The second-order valence-electron chi connectivity index (χ2n) is 11.2. The Bertz CT molecular complexity index is 880. The number of esters is 2. The summed E-state index contributed by atoms with van der Waals surface area (Å²) in [6.07, 6.45) is 34.6. The van der Waals surface area contributed by atoms with Crippen LogP contribution in [0.2, 0.25) is 0 Å². The number of ether oxygens (including phenoxy) is 2. The van der Waals surface area contributed by atoms with Gasteiger partial charge < -0.3 is 14.4 Å². The van der Waals surface area contributed by atoms with Crippen molar-refractivity contribution in [3.8, 4) is 0 Å². The van der Waals surface area contributed by atoms with Crippen LogP contribution in [0.1, 0.15) is 143 Å². The highest BCUT2D eigenvalue weighted by atomic mass is 31.2. The van der Waals surface area contributed by atoms with Crippen LogP contribution in [0.4, 0.5) is 0 Å². The fourth-order valence-corrected chi connectivity index (χ4v) is 5.14. The van der Waals surface area contributed by atoms with Crippen molar-refractivity contribution in [1.29, 1.82) is 0 Å². The first-order valence-electron chi connectivity index (χ1n) is 17.4. The molecule has 0 radical (unpaired) electrons. The van der Waals surface area contributed by atoms with Crippen molar-refractivity contribution >= 4 is 19.8 Å². The maximum absolute atomic E-state index is 12.4. The molecule has 8 nitrogen and oxygen atoms in total. The zero-order valence-electron chi connectivity index (χ0n) is 28.5. The summed E-state index contributed by atoms with van der Waals surface area (Å²) in [7, 11) is -4.28. The summed E-state index contributed by atoms with van der Waals surface area (Å²) >= 11 is 0. The average Bonchev–Trinajstić information content (AvgIpc) is 3.01. The molecule has 45 heavy (non-hydrogen) atoms. The first-order chi connectivity index (χ1) is 21.8. The monoisotopic (exact) mass is 654 g/mol. The number of rotatable bonds is 31. The molecule has 0 aromatic heterocycles. The molecule has 2 unspecified atom stereocenters. The van der Waals surface area contributed by atoms with Gasteiger partial charge in [0.25, 0.3) is 0 Å². The number of unbranched alkanes of at least 4 members (excludes halogenated alkanes) is 11. The van der Waals surface area contributed by atoms with E-state index in [4.69, 9.17) is 18.5 Å². The third-order valence-corrected chi connectivity index (χ3v) is 7.96. The van der Waals surface area contributed by atoms with Crippen LogP contribution in [0.5, 0.6) is 0 Å². The van der Waals surface area contributed by atoms with Gasteiger partial charge in [-0.05, 0) is 58.3 Å². The van der Waals surface area contributed by atoms with Gasteiger partial charge in [0.05, 0.1) is 13.2 Å². The molecule has 0 rings (SSSR count). The molecule has 0 fully saturated rings. The van der Waals surface area contributed by atoms with E-state index in [1.165, 1.54) is 44.9 Å². The molecular formula is C36H63O8P. The predicted molar refractivity (Wildman–Crippen MR) is 184 cm³/mol. The fourth-order valence-electron chi connectivity index (χ4n) is 4.38. The lowest BCUT2D eigenvalue weighted by molar-refractivity contribution is -0.161. The van der Waals surface area contributed by atoms with Crippen LogP contribution < -0.4 is 0 Å². The molecule has 0 saturated carbocycles. The molecule has 0 aromatic carbocycles. The van der Waals surface area contributed by atoms with Crippen molar-refractivity contribution in [2.45, 2.75) is 149 Å². The Morgan fingerprint density at radius 3 is 1.71 bits per heavy atom. The lowest BCUT2D eigenvalue weighted by Gasteiger charge is -2.19. The maximum atomic E-state index is 12.4. The van der Waals surface area contributed by atoms with Crippen LogP contribution >= 0.6 is 7.82 Å². The lowest BCUT2D eigenvalue weighted by atomic mass is 10.1. The molecule has 0 aliphatic carbocycles. The molecular weight excluding hydrogens is 591 g/mol. The van der Waals surface area contributed by atoms with Gasteiger partial charge in [-0.3, -0.25) is 18.6 Å². The smallest absolute Gasteiger partial charge is 0.462 e. The Morgan fingerprint density at radius 2 is 1.13 bits per heavy atom. The van der Waals surface area contributed by atoms with Gasteiger partial charge in [-0.1, -0.05) is 120 Å². The van der Waals surface area contributed by atoms with Crippen molar-refractivity contribution in [2.24, 2.45) is 0 Å². The SMILES string of the molecule is CC/C=C\C/C=C\C/C=C\C/C=C\CCCCC(=O)OC(COC(=O)CCCCCCCCCCCC)COP(=O)(O)OCC. The van der Waals surface area contributed by atoms with Crippen molar-refractivity contribution in [2.75, 3.05) is 19.8 Å². The normalized spacial score (nSPS) is 14.1. The number of carbonyl (C=O) groups excluding carboxylic acids is 2. The number of phosphoric acid groups is 1. The van der Waals surface area contributed by atoms with Gasteiger partial charge in [-0.2, -0.15) is 0 Å². The topological polar surface area (TPSA) is 108 Å². The molecule has 0 bridgehead atoms. The standard InChI is InChI=1S/C36H63O8P/c1-4-7-9-11-13-15-17-18-19-20-21-23-25-27-29-31-36(38)44-34(33-43-45(39,40)42-6-3)32-41-35(37)30-28-26-24-22-16-14-12-10-8-5-2/h7,9,13,15,18-19,21,23,34H,4-6,8,10-12,14,16-17,20,22,24-33H2,1-3H3,(H,39,40)/b9-7-,15-13-,19-18-,23-21-. The highest BCUT2D eigenvalue weighted by Gasteiger charge is 2.25. The van der Waals surface area contributed by atoms with E-state index in [0.29, 0.717) is 6.42 Å². The molecule has 0 heterocycles. The summed E-state index contributed by atoms with van der Waals surface area (Å²) in [5.41, 5.74) is 0. The van der Waals surface area contributed by atoms with E-state index in [-0.39, 0.29) is 32.0 Å². The third-order valence-electron chi connectivity index (χ3n) is 6.90. The molecule has 260 valence electrons. The van der Waals surface area contributed by atoms with E-state index in [0.717, 1.165) is 57.8 Å². The highest BCUT2D eigenvalue weighted by Crippen LogP contribution is 2.43. The Morgan fingerprint density at radius 1 is 0.622 bits per heavy atom. The molecule has 0 spiro atoms. The van der Waals surface area contributed by atoms with Gasteiger partial charge in [-0.25, -0.2) is 4.57 Å². The number of hydrogen-bond acceptors (Lipinski definition) is 7. The summed E-state index contributed by atoms with van der Waals surface area (Å²) in [6, 6.07) is 0. The lowest BCUT2D eigenvalue weighted by Crippen LogP contribution is -2.29. The van der Waals surface area contributed by atoms with Crippen LogP contribution in [0, 0.1) is 0 Å². The molecule has 0 aliphatic rings. The van der Waals surface area contributed by atoms with Gasteiger partial charge in [0, 0.05) is 12.8 Å². The molecule has 2 atom stereocenters. The second kappa shape index (κ2) is 32.0. The van der Waals surface area contributed by atoms with Crippen molar-refractivity contribution in [3.05, 3.63) is 48.6 Å². The molecule has 1 N–H and O–H groups in total. The summed E-state index contributed by atoms with van der Waals surface area (Å²) in [5, 5.41) is 0. The van der Waals surface area contributed by atoms with E-state index in [2.05, 4.69) is 62.5 Å². The Hall–Kier alpha value is -1.99. The first kappa shape index (κ1) is 43.0. The molecule has 0 saturated heterocycles. The van der Waals surface area contributed by atoms with Gasteiger partial charge in [0.2, 0.25) is 0 Å². The van der Waals surface area contributed by atoms with Crippen molar-refractivity contribution in [3.63, 3.8) is 0 Å². The summed E-state index contributed by atoms with van der Waals surface area (Å²) in [4.78, 5) is 34.4. The highest BCUT2D eigenvalue weighted by molar-refractivity contribution is 7.47. The Balaban J connectivity index is 4.29. The molecule has 9 heteroatoms. The van der Waals surface area contributed by atoms with Crippen LogP contribution in [0.15, 0.2) is 48.6 Å². The summed E-state index contributed by atoms with van der Waals surface area (Å²) in [5.74, 6) is -0.853. The fraction of sp³-hybridized carbons (Fsp3) is 0.722. The maximum Gasteiger partial charge on any atom is 0.472 e. The van der Waals surface area contributed by atoms with Crippen molar-refractivity contribution in [1.82, 2.24) is 0 Å². The van der Waals surface area contributed by atoms with Gasteiger partial charge in [0.15, 0.2) is 6.10 Å². The predicted octanol–water partition coefficient (Wildman–Crippen LogP) is 10.3. The van der Waals surface area contributed by atoms with Crippen molar-refractivity contribution < 1.29 is 37.6 Å². The zero-order chi connectivity index (χ0) is 33.3. The molecule has 0 amide bonds. The third kappa shape index (κ3) is 31.8. The van der Waals surface area contributed by atoms with Gasteiger partial charge in [-0.15, -0.1) is 0 Å². The van der Waals surface area contributed by atoms with Gasteiger partial charge >= 0.3 is 19.8 Å². The number of carbonyl (C=O) groups is 2. The minimum Gasteiger partial charge on any atom is -0.462 e. The quantitative estimate of drug-likeness (QED) is 0.0340. The number of phosphoric ester groups is 1. The molecule has 0 aromatic rings. The summed E-state index contributed by atoms with van der Waals surface area (Å²) < 4.78 is 32.4. The van der Waals surface area contributed by atoms with E-state index in [1.54, 1.807) is 6.92 Å². The Kier molecular flexibility index (Phi) is 30.6. The van der Waals surface area contributed by atoms with Crippen LogP contribution in [0.3, 0.4) is 0 Å². The molecule has 0 aliphatic heterocycles. The minimum absolute atomic E-state index is 0.00858. The van der Waals surface area contributed by atoms with E-state index in [1.807, 2.05) is 0 Å². The number of allylic oxidation sites excluding steroid dienone is 8. The zero-order valence-corrected chi connectivity index (χ0v) is 29.4. The summed E-state index contributed by atoms with van der Waals surface area (Å²) in [6.45, 7) is 5.26. The van der Waals surface area contributed by atoms with Gasteiger partial charge in [0.1, 0.15) is 6.61 Å². The van der Waals surface area contributed by atoms with Crippen LogP contribution in [0.25, 0.3) is 0 Å². The van der Waals surface area contributed by atoms with E-state index < -0.39 is 26.5 Å². The average molecular weight is 655 g/mol. The largest absolute Gasteiger partial charge is 0.472 e. The first-order valence-corrected chi connectivity index (χ1v) is 18.9. The number of hydrogen-bond donors (Lipinski definition) is 1. The minimum atomic E-state index is -4.28. The Labute approximate surface area is 274 Å². The van der Waals surface area contributed by atoms with Crippen LogP contribution in [-0.4, -0.2) is 42.8 Å². The second-order valence-corrected chi connectivity index (χ2v) is 12.6. The van der Waals surface area contributed by atoms with Crippen LogP contribution in [-0.2, 0) is 32.7 Å².